The van der Waals surface area contributed by atoms with Gasteiger partial charge in [0.1, 0.15) is 30.1 Å². The minimum absolute atomic E-state index is 0.0248. The lowest BCUT2D eigenvalue weighted by Crippen LogP contribution is -2.61. The van der Waals surface area contributed by atoms with Crippen molar-refractivity contribution in [3.63, 3.8) is 0 Å². The van der Waals surface area contributed by atoms with Crippen molar-refractivity contribution in [1.82, 2.24) is 10.2 Å². The van der Waals surface area contributed by atoms with Crippen LogP contribution in [0.25, 0.3) is 0 Å². The maximum absolute atomic E-state index is 14.5. The number of hydrogen-bond acceptors (Lipinski definition) is 16. The quantitative estimate of drug-likeness (QED) is 0.0598. The van der Waals surface area contributed by atoms with Crippen molar-refractivity contribution in [3.8, 4) is 0 Å². The van der Waals surface area contributed by atoms with Crippen molar-refractivity contribution in [3.05, 3.63) is 47.6 Å². The summed E-state index contributed by atoms with van der Waals surface area (Å²) in [6, 6.07) is -1.18. The molecule has 4 aliphatic rings. The van der Waals surface area contributed by atoms with E-state index in [1.54, 1.807) is 47.9 Å². The average molecular weight is 1000 g/mol. The van der Waals surface area contributed by atoms with Crippen LogP contribution in [-0.2, 0) is 52.4 Å². The van der Waals surface area contributed by atoms with Crippen LogP contribution in [0.4, 0.5) is 0 Å². The van der Waals surface area contributed by atoms with Gasteiger partial charge in [-0.05, 0) is 114 Å². The van der Waals surface area contributed by atoms with E-state index in [1.165, 1.54) is 12.0 Å². The number of Topliss-reactive ketones (excluding diaryl/α,β-unsaturated/α-hetero) is 3. The molecule has 0 aromatic rings. The number of fused-ring (bicyclic) bond motifs is 3. The van der Waals surface area contributed by atoms with Crippen molar-refractivity contribution < 1.29 is 72.8 Å². The summed E-state index contributed by atoms with van der Waals surface area (Å²) >= 11 is 0. The molecule has 1 saturated carbocycles. The summed E-state index contributed by atoms with van der Waals surface area (Å²) < 4.78 is 35.2. The van der Waals surface area contributed by atoms with E-state index in [1.807, 2.05) is 51.2 Å². The van der Waals surface area contributed by atoms with E-state index in [4.69, 9.17) is 28.4 Å². The molecule has 17 nitrogen and oxygen atoms in total. The van der Waals surface area contributed by atoms with Gasteiger partial charge < -0.3 is 53.7 Å². The minimum atomic E-state index is -2.51. The van der Waals surface area contributed by atoms with Gasteiger partial charge in [-0.15, -0.1) is 0 Å². The Bertz CT molecular complexity index is 1880. The third kappa shape index (κ3) is 17.0. The Kier molecular flexibility index (Phi) is 24.4. The number of amides is 1. The molecule has 71 heavy (non-hydrogen) atoms. The fourth-order valence-electron chi connectivity index (χ4n) is 10.5. The first-order valence-electron chi connectivity index (χ1n) is 25.9. The van der Waals surface area contributed by atoms with E-state index < -0.39 is 90.3 Å². The number of aliphatic hydroxyl groups excluding tert-OH is 3. The number of methoxy groups -OCH3 is 2. The third-order valence-electron chi connectivity index (χ3n) is 15.1. The standard InChI is InChI=1S/C54H86N2O15/c1-32-16-12-11-13-17-33(2)44(68-24-25-69-53(64)55-8)30-40-21-19-38(7)54(65,71-40)50(61)51(62)56-23-15-14-18-41(56)52(63)70-45(35(4)28-39-20-22-42(57)46(29-39)66-9)31-43(58)34(3)27-37(6)48(60)49(67-10)47(59)36(5)26-32/h11-13,16-17,27,32,34-36,38-42,44-46,48-49,53,55,57,60,64-65H,14-15,18-26,28-31H2,1-10H3/b13-11?,16-12+,33-17?,37-27+/t32-,34-,35-,36-,38-,39+,40+,41+,42-,44+,45+,46-,48-,49+,53?,54-/m1/s1. The summed E-state index contributed by atoms with van der Waals surface area (Å²) in [6.07, 6.45) is 8.99. The number of nitrogens with one attached hydrogen (secondary N) is 1. The van der Waals surface area contributed by atoms with Crippen LogP contribution in [0.3, 0.4) is 0 Å². The number of allylic oxidation sites excluding steroid dienone is 6. The molecule has 5 N–H and O–H groups in total. The van der Waals surface area contributed by atoms with Gasteiger partial charge in [0.15, 0.2) is 5.78 Å². The number of nitrogens with zero attached hydrogens (tertiary/aromatic N) is 1. The van der Waals surface area contributed by atoms with Crippen LogP contribution in [0.2, 0.25) is 0 Å². The molecule has 0 spiro atoms. The summed E-state index contributed by atoms with van der Waals surface area (Å²) in [5.74, 6) is -8.38. The number of esters is 1. The van der Waals surface area contributed by atoms with Crippen LogP contribution in [0.15, 0.2) is 47.6 Å². The van der Waals surface area contributed by atoms with E-state index in [0.29, 0.717) is 63.4 Å². The van der Waals surface area contributed by atoms with Gasteiger partial charge in [0.2, 0.25) is 12.2 Å². The predicted octanol–water partition coefficient (Wildman–Crippen LogP) is 5.06. The Morgan fingerprint density at radius 2 is 1.62 bits per heavy atom. The van der Waals surface area contributed by atoms with E-state index in [9.17, 15) is 44.4 Å². The highest BCUT2D eigenvalue weighted by Gasteiger charge is 2.53. The Morgan fingerprint density at radius 3 is 2.31 bits per heavy atom. The molecule has 0 aromatic heterocycles. The largest absolute Gasteiger partial charge is 0.460 e. The zero-order chi connectivity index (χ0) is 52.6. The summed E-state index contributed by atoms with van der Waals surface area (Å²) in [4.78, 5) is 72.4. The number of ether oxygens (including phenoxy) is 6. The van der Waals surface area contributed by atoms with Gasteiger partial charge in [-0.2, -0.15) is 0 Å². The van der Waals surface area contributed by atoms with Gasteiger partial charge in [-0.25, -0.2) is 4.79 Å². The molecular formula is C54H86N2O15. The molecule has 0 radical (unpaired) electrons. The van der Waals surface area contributed by atoms with Crippen molar-refractivity contribution in [1.29, 1.82) is 0 Å². The molecule has 3 heterocycles. The normalized spacial score (nSPS) is 37.3. The average Bonchev–Trinajstić information content (AvgIpc) is 3.35. The number of aliphatic hydroxyl groups is 4. The van der Waals surface area contributed by atoms with E-state index in [0.717, 1.165) is 5.57 Å². The van der Waals surface area contributed by atoms with Crippen molar-refractivity contribution >= 4 is 29.2 Å². The number of carbonyl (C=O) groups excluding carboxylic acids is 5. The fourth-order valence-corrected chi connectivity index (χ4v) is 10.5. The summed E-state index contributed by atoms with van der Waals surface area (Å²) in [5.41, 5.74) is 1.16. The molecule has 0 aromatic carbocycles. The number of ketones is 3. The Morgan fingerprint density at radius 1 is 0.887 bits per heavy atom. The van der Waals surface area contributed by atoms with Crippen molar-refractivity contribution in [2.75, 3.05) is 41.0 Å². The molecule has 1 amide bonds. The molecule has 16 atom stereocenters. The van der Waals surface area contributed by atoms with Crippen molar-refractivity contribution in [2.24, 2.45) is 35.5 Å². The number of cyclic esters (lactones) is 1. The first kappa shape index (κ1) is 60.1. The first-order chi connectivity index (χ1) is 33.6. The SMILES string of the molecule is CNC(O)OCCO[C@H]1C[C@@H]2CC[C@@H](C)[C@@](O)(O2)C(=O)C(=O)N2CCCC[C@H]2C(=O)O[C@H]([C@H](C)C[C@@H]2CC[C@@H](O)[C@H](OC)C2)CC(=O)[C@H](C)/C=C(\C)[C@@H](O)[C@@H](OC)C(=O)[C@H](C)C[C@H](C)/C=C/C=CC=C1C. The molecule has 2 saturated heterocycles. The number of piperidine rings is 1. The molecule has 3 aliphatic heterocycles. The Hall–Kier alpha value is -3.49. The highest BCUT2D eigenvalue weighted by atomic mass is 16.6. The van der Waals surface area contributed by atoms with Crippen LogP contribution < -0.4 is 5.32 Å². The highest BCUT2D eigenvalue weighted by Crippen LogP contribution is 2.38. The topological polar surface area (TPSA) is 237 Å². The van der Waals surface area contributed by atoms with E-state index >= 15 is 0 Å². The van der Waals surface area contributed by atoms with Gasteiger partial charge in [0, 0.05) is 51.4 Å². The molecule has 3 fully saturated rings. The molecular weight excluding hydrogens is 917 g/mol. The first-order valence-corrected chi connectivity index (χ1v) is 25.9. The lowest BCUT2D eigenvalue weighted by atomic mass is 9.78. The van der Waals surface area contributed by atoms with Crippen LogP contribution >= 0.6 is 0 Å². The Labute approximate surface area is 421 Å². The second-order valence-electron chi connectivity index (χ2n) is 20.7. The molecule has 1 unspecified atom stereocenters. The third-order valence-corrected chi connectivity index (χ3v) is 15.1. The summed E-state index contributed by atoms with van der Waals surface area (Å²) in [5, 5.41) is 46.5. The van der Waals surface area contributed by atoms with E-state index in [2.05, 4.69) is 5.32 Å². The van der Waals surface area contributed by atoms with Gasteiger partial charge in [0.05, 0.1) is 37.6 Å². The van der Waals surface area contributed by atoms with E-state index in [-0.39, 0.29) is 74.4 Å². The monoisotopic (exact) mass is 1000 g/mol. The molecule has 2 bridgehead atoms. The lowest BCUT2D eigenvalue weighted by Gasteiger charge is -2.43. The maximum atomic E-state index is 14.5. The lowest BCUT2D eigenvalue weighted by molar-refractivity contribution is -0.266. The zero-order valence-corrected chi connectivity index (χ0v) is 44.0. The minimum Gasteiger partial charge on any atom is -0.460 e. The summed E-state index contributed by atoms with van der Waals surface area (Å²) in [6.45, 7) is 12.7. The number of carbonyl (C=O) groups is 5. The molecule has 17 heteroatoms. The summed E-state index contributed by atoms with van der Waals surface area (Å²) in [7, 11) is 4.47. The van der Waals surface area contributed by atoms with Gasteiger partial charge >= 0.3 is 5.97 Å². The van der Waals surface area contributed by atoms with Gasteiger partial charge in [0.25, 0.3) is 11.7 Å². The highest BCUT2D eigenvalue weighted by molar-refractivity contribution is 6.39. The predicted molar refractivity (Wildman–Crippen MR) is 265 cm³/mol. The van der Waals surface area contributed by atoms with Crippen LogP contribution in [-0.4, -0.2) is 157 Å². The van der Waals surface area contributed by atoms with Crippen LogP contribution in [0.1, 0.15) is 126 Å². The zero-order valence-electron chi connectivity index (χ0n) is 44.0. The molecule has 402 valence electrons. The number of hydrogen-bond donors (Lipinski definition) is 5. The van der Waals surface area contributed by atoms with Crippen LogP contribution in [0.5, 0.6) is 0 Å². The fraction of sp³-hybridized carbons (Fsp3) is 0.759. The van der Waals surface area contributed by atoms with Crippen LogP contribution in [0, 0.1) is 35.5 Å². The smallest absolute Gasteiger partial charge is 0.329 e. The maximum Gasteiger partial charge on any atom is 0.329 e. The second kappa shape index (κ2) is 28.8. The Balaban J connectivity index is 1.72. The van der Waals surface area contributed by atoms with Gasteiger partial charge in [-0.1, -0.05) is 71.1 Å². The molecule has 4 rings (SSSR count). The number of rotatable bonds is 11. The van der Waals surface area contributed by atoms with Crippen molar-refractivity contribution in [2.45, 2.75) is 186 Å². The second-order valence-corrected chi connectivity index (χ2v) is 20.7. The molecule has 1 aliphatic carbocycles. The van der Waals surface area contributed by atoms with Gasteiger partial charge in [-0.3, -0.25) is 24.5 Å².